The van der Waals surface area contributed by atoms with Crippen molar-refractivity contribution in [3.05, 3.63) is 51.9 Å². The number of aromatic nitrogens is 3. The van der Waals surface area contributed by atoms with Crippen LogP contribution >= 0.6 is 11.3 Å². The van der Waals surface area contributed by atoms with Crippen LogP contribution in [0.1, 0.15) is 45.3 Å². The summed E-state index contributed by atoms with van der Waals surface area (Å²) in [5, 5.41) is 4.08. The highest BCUT2D eigenvalue weighted by Gasteiger charge is 2.28. The van der Waals surface area contributed by atoms with Gasteiger partial charge in [-0.25, -0.2) is 9.97 Å². The molecule has 0 bridgehead atoms. The Kier molecular flexibility index (Phi) is 4.70. The standard InChI is InChI=1S/C20H22N4O2S/c1-4-16-22-11(2)18(27-16)19-23-14-9-12(10-21-20(25)17(14)24-19)13-7-5-6-8-15(13)26-3/h5-8,12H,4,9-10H2,1-3H3,(H,21,25)(H,23,24). The van der Waals surface area contributed by atoms with Crippen LogP contribution in [0.15, 0.2) is 24.3 Å². The van der Waals surface area contributed by atoms with E-state index in [1.807, 2.05) is 25.1 Å². The molecule has 0 saturated carbocycles. The van der Waals surface area contributed by atoms with E-state index in [9.17, 15) is 4.79 Å². The Balaban J connectivity index is 1.72. The van der Waals surface area contributed by atoms with Gasteiger partial charge in [-0.15, -0.1) is 11.3 Å². The van der Waals surface area contributed by atoms with Crippen LogP contribution < -0.4 is 10.1 Å². The van der Waals surface area contributed by atoms with E-state index < -0.39 is 0 Å². The molecule has 7 heteroatoms. The van der Waals surface area contributed by atoms with Gasteiger partial charge in [0.05, 0.1) is 22.7 Å². The first kappa shape index (κ1) is 17.7. The number of carbonyl (C=O) groups excluding carboxylic acids is 1. The lowest BCUT2D eigenvalue weighted by Gasteiger charge is -2.17. The summed E-state index contributed by atoms with van der Waals surface area (Å²) in [5.74, 6) is 1.55. The normalized spacial score (nSPS) is 16.6. The number of ether oxygens (including phenoxy) is 1. The molecule has 1 aliphatic heterocycles. The molecule has 1 atom stereocenters. The number of aromatic amines is 1. The number of rotatable bonds is 4. The average Bonchev–Trinajstić information content (AvgIpc) is 3.24. The molecule has 2 N–H and O–H groups in total. The van der Waals surface area contributed by atoms with Gasteiger partial charge in [-0.05, 0) is 31.4 Å². The summed E-state index contributed by atoms with van der Waals surface area (Å²) in [6.07, 6.45) is 1.59. The molecule has 2 aromatic heterocycles. The van der Waals surface area contributed by atoms with Crippen LogP contribution in [0, 0.1) is 6.92 Å². The lowest BCUT2D eigenvalue weighted by molar-refractivity contribution is 0.0950. The third-order valence-corrected chi connectivity index (χ3v) is 6.20. The SMILES string of the molecule is CCc1nc(C)c(-c2nc3c([nH]2)CC(c2ccccc2OC)CNC3=O)s1. The highest BCUT2D eigenvalue weighted by atomic mass is 32.1. The molecule has 6 nitrogen and oxygen atoms in total. The van der Waals surface area contributed by atoms with Crippen molar-refractivity contribution in [2.75, 3.05) is 13.7 Å². The Morgan fingerprint density at radius 3 is 2.85 bits per heavy atom. The van der Waals surface area contributed by atoms with Gasteiger partial charge in [0, 0.05) is 18.2 Å². The molecule has 27 heavy (non-hydrogen) atoms. The molecule has 1 amide bonds. The average molecular weight is 382 g/mol. The third-order valence-electron chi connectivity index (χ3n) is 4.89. The van der Waals surface area contributed by atoms with Gasteiger partial charge in [0.1, 0.15) is 11.4 Å². The molecule has 0 spiro atoms. The molecule has 4 rings (SSSR count). The Labute approximate surface area is 162 Å². The number of hydrogen-bond acceptors (Lipinski definition) is 5. The predicted molar refractivity (Wildman–Crippen MR) is 106 cm³/mol. The minimum atomic E-state index is -0.136. The Bertz CT molecular complexity index is 992. The molecule has 0 radical (unpaired) electrons. The van der Waals surface area contributed by atoms with Gasteiger partial charge in [0.15, 0.2) is 5.82 Å². The minimum absolute atomic E-state index is 0.119. The maximum atomic E-state index is 12.6. The van der Waals surface area contributed by atoms with E-state index in [1.54, 1.807) is 18.4 Å². The van der Waals surface area contributed by atoms with Crippen LogP contribution in [0.3, 0.4) is 0 Å². The van der Waals surface area contributed by atoms with E-state index in [0.29, 0.717) is 18.7 Å². The van der Waals surface area contributed by atoms with Crippen molar-refractivity contribution in [2.24, 2.45) is 0 Å². The van der Waals surface area contributed by atoms with Gasteiger partial charge in [0.25, 0.3) is 5.91 Å². The topological polar surface area (TPSA) is 79.9 Å². The minimum Gasteiger partial charge on any atom is -0.496 e. The fraction of sp³-hybridized carbons (Fsp3) is 0.350. The number of imidazole rings is 1. The van der Waals surface area contributed by atoms with Gasteiger partial charge < -0.3 is 15.0 Å². The lowest BCUT2D eigenvalue weighted by Crippen LogP contribution is -2.26. The quantitative estimate of drug-likeness (QED) is 0.724. The molecule has 3 aromatic rings. The second-order valence-corrected chi connectivity index (χ2v) is 7.72. The summed E-state index contributed by atoms with van der Waals surface area (Å²) in [6.45, 7) is 4.62. The zero-order valence-electron chi connectivity index (χ0n) is 15.6. The number of nitrogens with zero attached hydrogens (tertiary/aromatic N) is 2. The van der Waals surface area contributed by atoms with Crippen LogP contribution in [0.25, 0.3) is 10.7 Å². The van der Waals surface area contributed by atoms with Crippen molar-refractivity contribution in [1.29, 1.82) is 0 Å². The van der Waals surface area contributed by atoms with E-state index in [2.05, 4.69) is 33.3 Å². The maximum Gasteiger partial charge on any atom is 0.271 e. The number of hydrogen-bond donors (Lipinski definition) is 2. The van der Waals surface area contributed by atoms with Crippen LogP contribution in [0.2, 0.25) is 0 Å². The van der Waals surface area contributed by atoms with Crippen molar-refractivity contribution < 1.29 is 9.53 Å². The van der Waals surface area contributed by atoms with Gasteiger partial charge in [0.2, 0.25) is 0 Å². The number of H-pyrrole nitrogens is 1. The Morgan fingerprint density at radius 2 is 2.11 bits per heavy atom. The van der Waals surface area contributed by atoms with E-state index in [-0.39, 0.29) is 11.8 Å². The summed E-state index contributed by atoms with van der Waals surface area (Å²) in [4.78, 5) is 26.2. The zero-order chi connectivity index (χ0) is 19.0. The second kappa shape index (κ2) is 7.15. The fourth-order valence-corrected chi connectivity index (χ4v) is 4.47. The Hall–Kier alpha value is -2.67. The molecule has 0 saturated heterocycles. The fourth-order valence-electron chi connectivity index (χ4n) is 3.52. The van der Waals surface area contributed by atoms with Gasteiger partial charge in [-0.3, -0.25) is 4.79 Å². The third kappa shape index (κ3) is 3.23. The number of amides is 1. The van der Waals surface area contributed by atoms with E-state index in [1.165, 1.54) is 0 Å². The number of fused-ring (bicyclic) bond motifs is 1. The van der Waals surface area contributed by atoms with E-state index >= 15 is 0 Å². The molecule has 1 unspecified atom stereocenters. The number of benzene rings is 1. The molecule has 0 fully saturated rings. The number of methoxy groups -OCH3 is 1. The number of thiazole rings is 1. The number of para-hydroxylation sites is 1. The van der Waals surface area contributed by atoms with Crippen LogP contribution in [-0.2, 0) is 12.8 Å². The molecule has 1 aliphatic rings. The summed E-state index contributed by atoms with van der Waals surface area (Å²) in [6, 6.07) is 7.96. The van der Waals surface area contributed by atoms with Crippen molar-refractivity contribution in [3.63, 3.8) is 0 Å². The van der Waals surface area contributed by atoms with Crippen molar-refractivity contribution in [2.45, 2.75) is 32.6 Å². The van der Waals surface area contributed by atoms with Gasteiger partial charge >= 0.3 is 0 Å². The van der Waals surface area contributed by atoms with E-state index in [4.69, 9.17) is 4.74 Å². The lowest BCUT2D eigenvalue weighted by atomic mass is 9.93. The molecule has 3 heterocycles. The van der Waals surface area contributed by atoms with E-state index in [0.717, 1.165) is 44.8 Å². The Morgan fingerprint density at radius 1 is 1.30 bits per heavy atom. The second-order valence-electron chi connectivity index (χ2n) is 6.64. The summed E-state index contributed by atoms with van der Waals surface area (Å²) < 4.78 is 5.51. The van der Waals surface area contributed by atoms with Crippen molar-refractivity contribution >= 4 is 17.2 Å². The first-order valence-corrected chi connectivity index (χ1v) is 9.89. The van der Waals surface area contributed by atoms with Crippen LogP contribution in [0.5, 0.6) is 5.75 Å². The molecule has 140 valence electrons. The molecular weight excluding hydrogens is 360 g/mol. The first-order chi connectivity index (χ1) is 13.1. The molecule has 1 aromatic carbocycles. The molecular formula is C20H22N4O2S. The van der Waals surface area contributed by atoms with Crippen LogP contribution in [-0.4, -0.2) is 34.5 Å². The first-order valence-electron chi connectivity index (χ1n) is 9.07. The zero-order valence-corrected chi connectivity index (χ0v) is 16.4. The summed E-state index contributed by atoms with van der Waals surface area (Å²) >= 11 is 1.63. The van der Waals surface area contributed by atoms with Crippen molar-refractivity contribution in [3.8, 4) is 16.5 Å². The highest BCUT2D eigenvalue weighted by molar-refractivity contribution is 7.15. The van der Waals surface area contributed by atoms with Crippen molar-refractivity contribution in [1.82, 2.24) is 20.3 Å². The molecule has 0 aliphatic carbocycles. The van der Waals surface area contributed by atoms with Crippen LogP contribution in [0.4, 0.5) is 0 Å². The largest absolute Gasteiger partial charge is 0.496 e. The predicted octanol–water partition coefficient (Wildman–Crippen LogP) is 3.48. The smallest absolute Gasteiger partial charge is 0.271 e. The summed E-state index contributed by atoms with van der Waals surface area (Å²) in [5.41, 5.74) is 3.38. The number of nitrogens with one attached hydrogen (secondary N) is 2. The highest BCUT2D eigenvalue weighted by Crippen LogP contribution is 2.33. The maximum absolute atomic E-state index is 12.6. The van der Waals surface area contributed by atoms with Gasteiger partial charge in [-0.1, -0.05) is 25.1 Å². The number of carbonyl (C=O) groups is 1. The number of aryl methyl sites for hydroxylation is 2. The van der Waals surface area contributed by atoms with Gasteiger partial charge in [-0.2, -0.15) is 0 Å². The summed E-state index contributed by atoms with van der Waals surface area (Å²) in [7, 11) is 1.67. The monoisotopic (exact) mass is 382 g/mol.